The topological polar surface area (TPSA) is 71.4 Å². The van der Waals surface area contributed by atoms with Gasteiger partial charge in [-0.15, -0.1) is 0 Å². The van der Waals surface area contributed by atoms with E-state index in [0.717, 1.165) is 30.8 Å². The lowest BCUT2D eigenvalue weighted by molar-refractivity contribution is -0.142. The van der Waals surface area contributed by atoms with Crippen LogP contribution < -0.4 is 4.74 Å². The van der Waals surface area contributed by atoms with Gasteiger partial charge in [-0.25, -0.2) is 4.79 Å². The van der Waals surface area contributed by atoms with Gasteiger partial charge < -0.3 is 14.7 Å². The van der Waals surface area contributed by atoms with Crippen molar-refractivity contribution < 1.29 is 19.5 Å². The van der Waals surface area contributed by atoms with Crippen molar-refractivity contribution in [2.45, 2.75) is 31.2 Å². The zero-order valence-electron chi connectivity index (χ0n) is 13.7. The first-order valence-corrected chi connectivity index (χ1v) is 7.75. The number of piperidine rings is 1. The van der Waals surface area contributed by atoms with Crippen molar-refractivity contribution in [1.82, 2.24) is 4.90 Å². The molecule has 6 heteroatoms. The zero-order chi connectivity index (χ0) is 16.6. The molecule has 23 heavy (non-hydrogen) atoms. The zero-order valence-corrected chi connectivity index (χ0v) is 13.7. The maximum Gasteiger partial charge on any atom is 0.344 e. The fraction of sp³-hybridized carbons (Fsp3) is 0.529. The minimum atomic E-state index is -1.02. The Hall–Kier alpha value is -2.08. The molecule has 1 saturated heterocycles. The van der Waals surface area contributed by atoms with Crippen molar-refractivity contribution >= 4 is 11.7 Å². The number of hydrogen-bond donors (Lipinski definition) is 1. The van der Waals surface area contributed by atoms with Crippen molar-refractivity contribution in [2.24, 2.45) is 5.16 Å². The summed E-state index contributed by atoms with van der Waals surface area (Å²) in [6, 6.07) is 6.32. The molecule has 2 unspecified atom stereocenters. The summed E-state index contributed by atoms with van der Waals surface area (Å²) in [5, 5.41) is 13.0. The second-order valence-electron chi connectivity index (χ2n) is 6.45. The molecule has 1 N–H and O–H groups in total. The Morgan fingerprint density at radius 1 is 1.52 bits per heavy atom. The molecule has 1 aliphatic heterocycles. The first-order valence-electron chi connectivity index (χ1n) is 7.75. The Labute approximate surface area is 135 Å². The third-order valence-corrected chi connectivity index (χ3v) is 5.05. The van der Waals surface area contributed by atoms with Crippen LogP contribution in [0.4, 0.5) is 0 Å². The van der Waals surface area contributed by atoms with Gasteiger partial charge in [-0.3, -0.25) is 4.90 Å². The molecule has 1 aromatic carbocycles. The molecule has 6 nitrogen and oxygen atoms in total. The Morgan fingerprint density at radius 3 is 3.00 bits per heavy atom. The van der Waals surface area contributed by atoms with Crippen LogP contribution in [0.1, 0.15) is 24.5 Å². The van der Waals surface area contributed by atoms with Crippen molar-refractivity contribution in [3.05, 3.63) is 29.3 Å². The van der Waals surface area contributed by atoms with E-state index >= 15 is 0 Å². The molecule has 2 bridgehead atoms. The van der Waals surface area contributed by atoms with Crippen LogP contribution in [0.15, 0.2) is 23.4 Å². The maximum atomic E-state index is 10.7. The lowest BCUT2D eigenvalue weighted by Gasteiger charge is -2.49. The molecule has 0 radical (unpaired) electrons. The van der Waals surface area contributed by atoms with Gasteiger partial charge in [-0.1, -0.05) is 11.2 Å². The number of ether oxygens (including phenoxy) is 1. The molecule has 0 amide bonds. The van der Waals surface area contributed by atoms with Gasteiger partial charge >= 0.3 is 5.97 Å². The van der Waals surface area contributed by atoms with E-state index in [1.807, 2.05) is 6.07 Å². The van der Waals surface area contributed by atoms with Crippen LogP contribution in [-0.2, 0) is 21.5 Å². The number of aliphatic carboxylic acids is 1. The highest BCUT2D eigenvalue weighted by Gasteiger charge is 2.48. The summed E-state index contributed by atoms with van der Waals surface area (Å²) >= 11 is 0. The number of methoxy groups -OCH3 is 1. The minimum Gasteiger partial charge on any atom is -0.497 e. The number of rotatable bonds is 4. The van der Waals surface area contributed by atoms with Gasteiger partial charge in [0.15, 0.2) is 0 Å². The largest absolute Gasteiger partial charge is 0.497 e. The summed E-state index contributed by atoms with van der Waals surface area (Å²) in [4.78, 5) is 18.0. The number of carboxylic acids is 1. The molecule has 0 aromatic heterocycles. The van der Waals surface area contributed by atoms with E-state index in [4.69, 9.17) is 14.7 Å². The molecule has 0 saturated carbocycles. The normalized spacial score (nSPS) is 28.3. The van der Waals surface area contributed by atoms with Gasteiger partial charge in [0.05, 0.1) is 18.9 Å². The van der Waals surface area contributed by atoms with E-state index in [0.29, 0.717) is 0 Å². The van der Waals surface area contributed by atoms with Crippen LogP contribution >= 0.6 is 0 Å². The fourth-order valence-electron chi connectivity index (χ4n) is 3.69. The first-order chi connectivity index (χ1) is 11.0. The molecule has 124 valence electrons. The summed E-state index contributed by atoms with van der Waals surface area (Å²) in [7, 11) is 3.74. The van der Waals surface area contributed by atoms with Gasteiger partial charge in [0, 0.05) is 5.41 Å². The number of fused-ring (bicyclic) bond motifs is 4. The molecule has 1 aliphatic carbocycles. The Morgan fingerprint density at radius 2 is 2.30 bits per heavy atom. The summed E-state index contributed by atoms with van der Waals surface area (Å²) in [6.07, 6.45) is 1.76. The summed E-state index contributed by atoms with van der Waals surface area (Å²) < 4.78 is 5.37. The highest BCUT2D eigenvalue weighted by molar-refractivity contribution is 6.01. The van der Waals surface area contributed by atoms with Gasteiger partial charge in [0.1, 0.15) is 5.75 Å². The molecule has 2 aliphatic rings. The molecule has 2 atom stereocenters. The van der Waals surface area contributed by atoms with E-state index in [-0.39, 0.29) is 11.5 Å². The number of oxime groups is 1. The first kappa shape index (κ1) is 15.8. The van der Waals surface area contributed by atoms with E-state index in [1.165, 1.54) is 11.1 Å². The van der Waals surface area contributed by atoms with Crippen molar-refractivity contribution in [3.8, 4) is 5.75 Å². The Kier molecular flexibility index (Phi) is 4.02. The molecular formula is C17H22N2O4. The second kappa shape index (κ2) is 5.85. The predicted molar refractivity (Wildman–Crippen MR) is 86.1 cm³/mol. The van der Waals surface area contributed by atoms with Crippen LogP contribution in [0.5, 0.6) is 5.75 Å². The number of benzene rings is 1. The van der Waals surface area contributed by atoms with Gasteiger partial charge in [0.25, 0.3) is 0 Å². The van der Waals surface area contributed by atoms with Crippen LogP contribution in [0.25, 0.3) is 0 Å². The number of likely N-dealkylation sites (N-methyl/N-ethyl adjacent to an activating group) is 1. The summed E-state index contributed by atoms with van der Waals surface area (Å²) in [5.41, 5.74) is 3.16. The van der Waals surface area contributed by atoms with Crippen molar-refractivity contribution in [1.29, 1.82) is 0 Å². The molecule has 1 aromatic rings. The standard InChI is InChI=1S/C17H22N2O4/c1-17-6-7-19(2)14(16(17)18-23-10-15(20)21)8-11-4-5-12(22-3)9-13(11)17/h4-5,9,14H,6-8,10H2,1-3H3,(H,20,21)/b18-16-. The SMILES string of the molecule is COc1ccc2c(c1)C1(C)CCN(C)C(C2)/C1=N/OCC(=O)O. The molecule has 3 rings (SSSR count). The molecular weight excluding hydrogens is 296 g/mol. The minimum absolute atomic E-state index is 0.142. The second-order valence-corrected chi connectivity index (χ2v) is 6.45. The van der Waals surface area contributed by atoms with Crippen LogP contribution in [0.2, 0.25) is 0 Å². The third kappa shape index (κ3) is 2.67. The highest BCUT2D eigenvalue weighted by atomic mass is 16.6. The smallest absolute Gasteiger partial charge is 0.344 e. The summed E-state index contributed by atoms with van der Waals surface area (Å²) in [6.45, 7) is 2.71. The van der Waals surface area contributed by atoms with Gasteiger partial charge in [-0.2, -0.15) is 0 Å². The van der Waals surface area contributed by atoms with Crippen LogP contribution in [-0.4, -0.2) is 55.0 Å². The van der Waals surface area contributed by atoms with Gasteiger partial charge in [0.2, 0.25) is 6.61 Å². The summed E-state index contributed by atoms with van der Waals surface area (Å²) in [5.74, 6) is -0.191. The van der Waals surface area contributed by atoms with Crippen molar-refractivity contribution in [2.75, 3.05) is 27.3 Å². The van der Waals surface area contributed by atoms with E-state index < -0.39 is 12.6 Å². The fourth-order valence-corrected chi connectivity index (χ4v) is 3.69. The highest BCUT2D eigenvalue weighted by Crippen LogP contribution is 2.43. The molecule has 0 spiro atoms. The number of carboxylic acid groups (broad SMARTS) is 1. The molecule has 1 fully saturated rings. The van der Waals surface area contributed by atoms with Crippen LogP contribution in [0, 0.1) is 0 Å². The monoisotopic (exact) mass is 318 g/mol. The van der Waals surface area contributed by atoms with E-state index in [9.17, 15) is 4.79 Å². The van der Waals surface area contributed by atoms with E-state index in [2.05, 4.69) is 36.2 Å². The molecule has 1 heterocycles. The Balaban J connectivity index is 2.04. The van der Waals surface area contributed by atoms with Gasteiger partial charge in [-0.05, 0) is 56.6 Å². The quantitative estimate of drug-likeness (QED) is 0.855. The lowest BCUT2D eigenvalue weighted by atomic mass is 9.63. The number of likely N-dealkylation sites (tertiary alicyclic amines) is 1. The van der Waals surface area contributed by atoms with Crippen LogP contribution in [0.3, 0.4) is 0 Å². The van der Waals surface area contributed by atoms with Crippen molar-refractivity contribution in [3.63, 3.8) is 0 Å². The van der Waals surface area contributed by atoms with E-state index in [1.54, 1.807) is 7.11 Å². The maximum absolute atomic E-state index is 10.7. The predicted octanol–water partition coefficient (Wildman–Crippen LogP) is 1.67. The number of hydrogen-bond acceptors (Lipinski definition) is 5. The number of carbonyl (C=O) groups is 1. The number of nitrogens with zero attached hydrogens (tertiary/aromatic N) is 2. The average molecular weight is 318 g/mol. The Bertz CT molecular complexity index is 658. The lowest BCUT2D eigenvalue weighted by Crippen LogP contribution is -2.58. The third-order valence-electron chi connectivity index (χ3n) is 5.05. The average Bonchev–Trinajstić information content (AvgIpc) is 2.53.